The second kappa shape index (κ2) is 8.92. The highest BCUT2D eigenvalue weighted by Gasteiger charge is 2.50. The van der Waals surface area contributed by atoms with E-state index in [0.29, 0.717) is 24.0 Å². The molecule has 0 amide bonds. The molecule has 2 fully saturated rings. The summed E-state index contributed by atoms with van der Waals surface area (Å²) in [5, 5.41) is 0. The molecule has 0 heterocycles. The molecule has 2 aliphatic rings. The van der Waals surface area contributed by atoms with Crippen molar-refractivity contribution >= 4 is 5.78 Å². The molecule has 1 aromatic carbocycles. The number of Topliss-reactive ketones (excluding diaryl/α,β-unsaturated/α-hetero) is 1. The SMILES string of the molecule is CC.COc1ccc(C23CCCCC(C)C2C(C)C(=O)CC3)cc1OC. The summed E-state index contributed by atoms with van der Waals surface area (Å²) in [5.41, 5.74) is 1.43. The Kier molecular flexibility index (Phi) is 7.14. The monoisotopic (exact) mass is 360 g/mol. The van der Waals surface area contributed by atoms with E-state index in [9.17, 15) is 4.79 Å². The molecule has 146 valence electrons. The minimum Gasteiger partial charge on any atom is -0.493 e. The molecule has 26 heavy (non-hydrogen) atoms. The molecule has 3 rings (SSSR count). The van der Waals surface area contributed by atoms with Crippen LogP contribution in [0.25, 0.3) is 0 Å². The number of hydrogen-bond acceptors (Lipinski definition) is 3. The van der Waals surface area contributed by atoms with E-state index in [4.69, 9.17) is 9.47 Å². The number of fused-ring (bicyclic) bond motifs is 1. The van der Waals surface area contributed by atoms with E-state index in [1.165, 1.54) is 31.2 Å². The van der Waals surface area contributed by atoms with Gasteiger partial charge in [0.2, 0.25) is 0 Å². The lowest BCUT2D eigenvalue weighted by molar-refractivity contribution is -0.130. The van der Waals surface area contributed by atoms with Crippen LogP contribution >= 0.6 is 0 Å². The fourth-order valence-corrected chi connectivity index (χ4v) is 5.46. The highest BCUT2D eigenvalue weighted by Crippen LogP contribution is 2.55. The maximum atomic E-state index is 12.5. The molecule has 0 aliphatic heterocycles. The number of rotatable bonds is 3. The van der Waals surface area contributed by atoms with Gasteiger partial charge in [0.05, 0.1) is 14.2 Å². The van der Waals surface area contributed by atoms with Crippen LogP contribution in [0.1, 0.15) is 71.8 Å². The van der Waals surface area contributed by atoms with Crippen molar-refractivity contribution in [1.29, 1.82) is 0 Å². The van der Waals surface area contributed by atoms with Crippen LogP contribution in [0.15, 0.2) is 18.2 Å². The van der Waals surface area contributed by atoms with Gasteiger partial charge in [-0.25, -0.2) is 0 Å². The molecule has 2 saturated carbocycles. The van der Waals surface area contributed by atoms with Crippen molar-refractivity contribution in [2.75, 3.05) is 14.2 Å². The van der Waals surface area contributed by atoms with Gasteiger partial charge in [0, 0.05) is 12.3 Å². The number of methoxy groups -OCH3 is 2. The number of hydrogen-bond donors (Lipinski definition) is 0. The Morgan fingerprint density at radius 2 is 1.69 bits per heavy atom. The molecule has 1 aromatic rings. The summed E-state index contributed by atoms with van der Waals surface area (Å²) in [6.45, 7) is 8.50. The predicted molar refractivity (Wildman–Crippen MR) is 107 cm³/mol. The maximum absolute atomic E-state index is 12.5. The van der Waals surface area contributed by atoms with Crippen LogP contribution in [0.5, 0.6) is 11.5 Å². The number of benzene rings is 1. The van der Waals surface area contributed by atoms with Crippen LogP contribution in [-0.4, -0.2) is 20.0 Å². The average molecular weight is 361 g/mol. The maximum Gasteiger partial charge on any atom is 0.161 e. The summed E-state index contributed by atoms with van der Waals surface area (Å²) < 4.78 is 11.0. The summed E-state index contributed by atoms with van der Waals surface area (Å²) in [4.78, 5) is 12.5. The number of carbonyl (C=O) groups excluding carboxylic acids is 1. The Morgan fingerprint density at radius 3 is 2.35 bits per heavy atom. The third-order valence-corrected chi connectivity index (χ3v) is 6.61. The van der Waals surface area contributed by atoms with Gasteiger partial charge in [0.25, 0.3) is 0 Å². The Morgan fingerprint density at radius 1 is 1.00 bits per heavy atom. The third kappa shape index (κ3) is 3.63. The van der Waals surface area contributed by atoms with Crippen molar-refractivity contribution in [3.05, 3.63) is 23.8 Å². The lowest BCUT2D eigenvalue weighted by Gasteiger charge is -2.49. The number of ketones is 1. The molecule has 0 aromatic heterocycles. The zero-order chi connectivity index (χ0) is 19.3. The van der Waals surface area contributed by atoms with Gasteiger partial charge in [0.15, 0.2) is 11.5 Å². The Balaban J connectivity index is 0.00000117. The number of ether oxygens (including phenoxy) is 2. The first-order chi connectivity index (χ1) is 12.5. The first kappa shape index (κ1) is 20.8. The van der Waals surface area contributed by atoms with E-state index in [-0.39, 0.29) is 11.3 Å². The van der Waals surface area contributed by atoms with Gasteiger partial charge in [-0.2, -0.15) is 0 Å². The number of carbonyl (C=O) groups is 1. The lowest BCUT2D eigenvalue weighted by atomic mass is 9.54. The quantitative estimate of drug-likeness (QED) is 0.684. The molecular formula is C23H36O3. The zero-order valence-electron chi connectivity index (χ0n) is 17.4. The molecule has 0 radical (unpaired) electrons. The molecule has 0 bridgehead atoms. The van der Waals surface area contributed by atoms with Gasteiger partial charge in [-0.3, -0.25) is 4.79 Å². The molecule has 0 spiro atoms. The smallest absolute Gasteiger partial charge is 0.161 e. The highest BCUT2D eigenvalue weighted by molar-refractivity contribution is 5.82. The van der Waals surface area contributed by atoms with Gasteiger partial charge >= 0.3 is 0 Å². The standard InChI is InChI=1S/C21H30O3.C2H6/c1-14-7-5-6-11-21(12-10-17(22)15(2)20(14)21)16-8-9-18(23-3)19(13-16)24-4;1-2/h8-9,13-15,20H,5-7,10-12H2,1-4H3;1-2H3. The zero-order valence-corrected chi connectivity index (χ0v) is 17.4. The normalized spacial score (nSPS) is 31.2. The molecule has 2 aliphatic carbocycles. The second-order valence-corrected chi connectivity index (χ2v) is 7.73. The summed E-state index contributed by atoms with van der Waals surface area (Å²) in [5.74, 6) is 3.18. The fraction of sp³-hybridized carbons (Fsp3) is 0.696. The first-order valence-corrected chi connectivity index (χ1v) is 10.3. The topological polar surface area (TPSA) is 35.5 Å². The van der Waals surface area contributed by atoms with E-state index in [2.05, 4.69) is 26.0 Å². The van der Waals surface area contributed by atoms with Gasteiger partial charge in [-0.1, -0.05) is 53.0 Å². The van der Waals surface area contributed by atoms with Crippen LogP contribution in [0.3, 0.4) is 0 Å². The molecule has 3 heteroatoms. The van der Waals surface area contributed by atoms with Crippen molar-refractivity contribution in [2.45, 2.75) is 71.6 Å². The van der Waals surface area contributed by atoms with Gasteiger partial charge in [-0.05, 0) is 47.8 Å². The summed E-state index contributed by atoms with van der Waals surface area (Å²) in [7, 11) is 3.37. The van der Waals surface area contributed by atoms with Crippen molar-refractivity contribution in [3.8, 4) is 11.5 Å². The summed E-state index contributed by atoms with van der Waals surface area (Å²) in [6, 6.07) is 6.39. The lowest BCUT2D eigenvalue weighted by Crippen LogP contribution is -2.47. The highest BCUT2D eigenvalue weighted by atomic mass is 16.5. The third-order valence-electron chi connectivity index (χ3n) is 6.61. The van der Waals surface area contributed by atoms with E-state index < -0.39 is 0 Å². The minimum atomic E-state index is 0.1000. The predicted octanol–water partition coefficient (Wildman–Crippen LogP) is 5.79. The average Bonchev–Trinajstić information content (AvgIpc) is 2.85. The van der Waals surface area contributed by atoms with Crippen molar-refractivity contribution in [1.82, 2.24) is 0 Å². The molecule has 0 saturated heterocycles. The molecule has 3 nitrogen and oxygen atoms in total. The molecule has 0 N–H and O–H groups in total. The van der Waals surface area contributed by atoms with Crippen LogP contribution < -0.4 is 9.47 Å². The van der Waals surface area contributed by atoms with Gasteiger partial charge in [-0.15, -0.1) is 0 Å². The fourth-order valence-electron chi connectivity index (χ4n) is 5.46. The van der Waals surface area contributed by atoms with Gasteiger partial charge < -0.3 is 9.47 Å². The summed E-state index contributed by atoms with van der Waals surface area (Å²) in [6.07, 6.45) is 6.61. The van der Waals surface area contributed by atoms with E-state index >= 15 is 0 Å². The van der Waals surface area contributed by atoms with Crippen molar-refractivity contribution in [2.24, 2.45) is 17.8 Å². The van der Waals surface area contributed by atoms with E-state index in [1.54, 1.807) is 14.2 Å². The Bertz CT molecular complexity index is 609. The molecule has 4 unspecified atom stereocenters. The molecule has 4 atom stereocenters. The van der Waals surface area contributed by atoms with Crippen molar-refractivity contribution in [3.63, 3.8) is 0 Å². The van der Waals surface area contributed by atoms with E-state index in [0.717, 1.165) is 17.9 Å². The van der Waals surface area contributed by atoms with Crippen LogP contribution in [0.2, 0.25) is 0 Å². The van der Waals surface area contributed by atoms with Crippen LogP contribution in [0, 0.1) is 17.8 Å². The van der Waals surface area contributed by atoms with E-state index in [1.807, 2.05) is 19.9 Å². The Hall–Kier alpha value is -1.51. The summed E-state index contributed by atoms with van der Waals surface area (Å²) >= 11 is 0. The van der Waals surface area contributed by atoms with Crippen LogP contribution in [-0.2, 0) is 10.2 Å². The van der Waals surface area contributed by atoms with Crippen LogP contribution in [0.4, 0.5) is 0 Å². The van der Waals surface area contributed by atoms with Crippen molar-refractivity contribution < 1.29 is 14.3 Å². The Labute approximate surface area is 159 Å². The first-order valence-electron chi connectivity index (χ1n) is 10.3. The second-order valence-electron chi connectivity index (χ2n) is 7.73. The van der Waals surface area contributed by atoms with Gasteiger partial charge in [0.1, 0.15) is 5.78 Å². The largest absolute Gasteiger partial charge is 0.493 e. The minimum absolute atomic E-state index is 0.1000. The molecular weight excluding hydrogens is 324 g/mol.